The number of nitrogens with one attached hydrogen (secondary N) is 1. The highest BCUT2D eigenvalue weighted by molar-refractivity contribution is 7.89. The second kappa shape index (κ2) is 6.19. The summed E-state index contributed by atoms with van der Waals surface area (Å²) in [4.78, 5) is 2.71. The van der Waals surface area contributed by atoms with Gasteiger partial charge in [0.25, 0.3) is 0 Å². The van der Waals surface area contributed by atoms with Crippen molar-refractivity contribution < 1.29 is 17.5 Å². The predicted octanol–water partition coefficient (Wildman–Crippen LogP) is 1.66. The number of hydrogen-bond acceptors (Lipinski definition) is 5. The Morgan fingerprint density at radius 3 is 2.73 bits per heavy atom. The van der Waals surface area contributed by atoms with E-state index in [1.165, 1.54) is 17.9 Å². The molecule has 0 saturated carbocycles. The van der Waals surface area contributed by atoms with E-state index in [0.29, 0.717) is 11.4 Å². The van der Waals surface area contributed by atoms with Gasteiger partial charge in [-0.2, -0.15) is 9.49 Å². The third-order valence-corrected chi connectivity index (χ3v) is 4.61. The number of halogens is 2. The third kappa shape index (κ3) is 3.37. The zero-order valence-corrected chi connectivity index (χ0v) is 13.6. The van der Waals surface area contributed by atoms with E-state index in [9.17, 15) is 12.8 Å². The van der Waals surface area contributed by atoms with Crippen molar-refractivity contribution in [2.75, 3.05) is 7.11 Å². The van der Waals surface area contributed by atoms with Gasteiger partial charge in [0.15, 0.2) is 5.75 Å². The highest BCUT2D eigenvalue weighted by Crippen LogP contribution is 2.25. The Bertz CT molecular complexity index is 794. The Morgan fingerprint density at radius 2 is 2.14 bits per heavy atom. The SMILES string of the molecule is COc1cn(C)nc1C(C)NS(=O)(=O)c1ccc(Cl)nc1F. The van der Waals surface area contributed by atoms with Crippen molar-refractivity contribution in [3.63, 3.8) is 0 Å². The van der Waals surface area contributed by atoms with Crippen LogP contribution in [0.25, 0.3) is 0 Å². The fourth-order valence-electron chi connectivity index (χ4n) is 1.89. The quantitative estimate of drug-likeness (QED) is 0.830. The minimum absolute atomic E-state index is 0.129. The second-order valence-corrected chi connectivity index (χ2v) is 6.59. The van der Waals surface area contributed by atoms with Crippen LogP contribution in [-0.2, 0) is 17.1 Å². The van der Waals surface area contributed by atoms with Crippen LogP contribution in [0.4, 0.5) is 4.39 Å². The van der Waals surface area contributed by atoms with E-state index in [1.807, 2.05) is 0 Å². The van der Waals surface area contributed by atoms with Crippen molar-refractivity contribution >= 4 is 21.6 Å². The summed E-state index contributed by atoms with van der Waals surface area (Å²) in [5.74, 6) is -0.743. The summed E-state index contributed by atoms with van der Waals surface area (Å²) in [5, 5.41) is 4.00. The molecule has 0 aromatic carbocycles. The van der Waals surface area contributed by atoms with Crippen LogP contribution in [0.5, 0.6) is 5.75 Å². The van der Waals surface area contributed by atoms with Crippen LogP contribution in [0.2, 0.25) is 5.15 Å². The lowest BCUT2D eigenvalue weighted by Crippen LogP contribution is -2.28. The van der Waals surface area contributed by atoms with Crippen LogP contribution in [0.15, 0.2) is 23.2 Å². The number of ether oxygens (including phenoxy) is 1. The number of methoxy groups -OCH3 is 1. The molecule has 0 aliphatic rings. The third-order valence-electron chi connectivity index (χ3n) is 2.85. The van der Waals surface area contributed by atoms with Crippen LogP contribution >= 0.6 is 11.6 Å². The van der Waals surface area contributed by atoms with E-state index >= 15 is 0 Å². The van der Waals surface area contributed by atoms with E-state index in [1.54, 1.807) is 20.2 Å². The van der Waals surface area contributed by atoms with E-state index in [4.69, 9.17) is 16.3 Å². The molecule has 0 bridgehead atoms. The van der Waals surface area contributed by atoms with Crippen molar-refractivity contribution in [3.05, 3.63) is 35.1 Å². The lowest BCUT2D eigenvalue weighted by molar-refractivity contribution is 0.405. The number of aromatic nitrogens is 3. The molecule has 0 aliphatic carbocycles. The summed E-state index contributed by atoms with van der Waals surface area (Å²) < 4.78 is 47.1. The summed E-state index contributed by atoms with van der Waals surface area (Å²) >= 11 is 5.52. The molecule has 10 heteroatoms. The van der Waals surface area contributed by atoms with Crippen molar-refractivity contribution in [2.45, 2.75) is 17.9 Å². The van der Waals surface area contributed by atoms with Gasteiger partial charge in [-0.3, -0.25) is 4.68 Å². The lowest BCUT2D eigenvalue weighted by atomic mass is 10.2. The van der Waals surface area contributed by atoms with Gasteiger partial charge in [-0.05, 0) is 19.1 Å². The van der Waals surface area contributed by atoms with Crippen LogP contribution in [0, 0.1) is 5.95 Å². The first kappa shape index (κ1) is 16.7. The molecule has 120 valence electrons. The first-order valence-corrected chi connectivity index (χ1v) is 8.02. The molecule has 22 heavy (non-hydrogen) atoms. The molecule has 7 nitrogen and oxygen atoms in total. The van der Waals surface area contributed by atoms with Crippen molar-refractivity contribution in [3.8, 4) is 5.75 Å². The van der Waals surface area contributed by atoms with Crippen molar-refractivity contribution in [2.24, 2.45) is 7.05 Å². The lowest BCUT2D eigenvalue weighted by Gasteiger charge is -2.13. The molecule has 2 aromatic heterocycles. The summed E-state index contributed by atoms with van der Waals surface area (Å²) in [5.41, 5.74) is 0.385. The Labute approximate surface area is 132 Å². The number of rotatable bonds is 5. The summed E-state index contributed by atoms with van der Waals surface area (Å²) in [7, 11) is -0.996. The van der Waals surface area contributed by atoms with Crippen molar-refractivity contribution in [1.29, 1.82) is 0 Å². The van der Waals surface area contributed by atoms with Crippen molar-refractivity contribution in [1.82, 2.24) is 19.5 Å². The molecule has 0 saturated heterocycles. The number of sulfonamides is 1. The summed E-state index contributed by atoms with van der Waals surface area (Å²) in [6.45, 7) is 1.57. The zero-order valence-electron chi connectivity index (χ0n) is 12.0. The molecule has 1 N–H and O–H groups in total. The monoisotopic (exact) mass is 348 g/mol. The number of nitrogens with zero attached hydrogens (tertiary/aromatic N) is 3. The van der Waals surface area contributed by atoms with E-state index < -0.39 is 26.9 Å². The smallest absolute Gasteiger partial charge is 0.245 e. The molecule has 2 rings (SSSR count). The van der Waals surface area contributed by atoms with Crippen LogP contribution in [0.3, 0.4) is 0 Å². The van der Waals surface area contributed by atoms with Gasteiger partial charge in [-0.15, -0.1) is 0 Å². The molecule has 0 spiro atoms. The van der Waals surface area contributed by atoms with E-state index in [2.05, 4.69) is 14.8 Å². The number of aryl methyl sites for hydroxylation is 1. The van der Waals surface area contributed by atoms with Gasteiger partial charge in [0.2, 0.25) is 16.0 Å². The first-order valence-electron chi connectivity index (χ1n) is 6.16. The fraction of sp³-hybridized carbons (Fsp3) is 0.333. The normalized spacial score (nSPS) is 13.1. The Kier molecular flexibility index (Phi) is 4.69. The molecule has 0 aliphatic heterocycles. The molecule has 0 radical (unpaired) electrons. The average molecular weight is 349 g/mol. The summed E-state index contributed by atoms with van der Waals surface area (Å²) in [6, 6.07) is 1.52. The van der Waals surface area contributed by atoms with Crippen LogP contribution < -0.4 is 9.46 Å². The highest BCUT2D eigenvalue weighted by Gasteiger charge is 2.26. The second-order valence-electron chi connectivity index (χ2n) is 4.52. The molecular weight excluding hydrogens is 335 g/mol. The van der Waals surface area contributed by atoms with Gasteiger partial charge in [0.1, 0.15) is 15.7 Å². The first-order chi connectivity index (χ1) is 10.2. The topological polar surface area (TPSA) is 86.1 Å². The number of pyridine rings is 1. The Morgan fingerprint density at radius 1 is 1.45 bits per heavy atom. The maximum absolute atomic E-state index is 13.7. The average Bonchev–Trinajstić information content (AvgIpc) is 2.79. The highest BCUT2D eigenvalue weighted by atomic mass is 35.5. The molecule has 1 unspecified atom stereocenters. The van der Waals surface area contributed by atoms with Gasteiger partial charge in [0.05, 0.1) is 19.3 Å². The molecule has 2 heterocycles. The fourth-order valence-corrected chi connectivity index (χ4v) is 3.25. The van der Waals surface area contributed by atoms with E-state index in [0.717, 1.165) is 6.07 Å². The molecule has 0 amide bonds. The minimum atomic E-state index is -4.12. The Hall–Kier alpha value is -1.71. The minimum Gasteiger partial charge on any atom is -0.493 e. The maximum atomic E-state index is 13.7. The summed E-state index contributed by atoms with van der Waals surface area (Å²) in [6.07, 6.45) is 1.60. The van der Waals surface area contributed by atoms with Gasteiger partial charge in [-0.25, -0.2) is 18.1 Å². The maximum Gasteiger partial charge on any atom is 0.245 e. The standard InChI is InChI=1S/C12H14ClFN4O3S/c1-7(11-8(21-3)6-18(2)16-11)17-22(19,20)9-4-5-10(13)15-12(9)14/h4-7,17H,1-3H3. The van der Waals surface area contributed by atoms with Crippen LogP contribution in [-0.4, -0.2) is 30.3 Å². The van der Waals surface area contributed by atoms with Crippen LogP contribution in [0.1, 0.15) is 18.7 Å². The molecule has 0 fully saturated rings. The molecular formula is C12H14ClFN4O3S. The molecule has 2 aromatic rings. The Balaban J connectivity index is 2.31. The zero-order chi connectivity index (χ0) is 16.5. The van der Waals surface area contributed by atoms with Gasteiger partial charge >= 0.3 is 0 Å². The van der Waals surface area contributed by atoms with Gasteiger partial charge in [-0.1, -0.05) is 11.6 Å². The van der Waals surface area contributed by atoms with Gasteiger partial charge < -0.3 is 4.74 Å². The number of hydrogen-bond donors (Lipinski definition) is 1. The van der Waals surface area contributed by atoms with Gasteiger partial charge in [0, 0.05) is 7.05 Å². The predicted molar refractivity (Wildman–Crippen MR) is 77.7 cm³/mol. The van der Waals surface area contributed by atoms with E-state index in [-0.39, 0.29) is 5.15 Å². The molecule has 1 atom stereocenters. The largest absolute Gasteiger partial charge is 0.493 e.